The van der Waals surface area contributed by atoms with Gasteiger partial charge in [0, 0.05) is 26.9 Å². The number of hydrogen-bond donors (Lipinski definition) is 0. The Morgan fingerprint density at radius 1 is 1.24 bits per heavy atom. The van der Waals surface area contributed by atoms with Crippen LogP contribution in [0.15, 0.2) is 0 Å². The molecule has 0 aromatic heterocycles. The van der Waals surface area contributed by atoms with Crippen LogP contribution in [-0.2, 0) is 27.5 Å². The van der Waals surface area contributed by atoms with E-state index >= 15 is 0 Å². The van der Waals surface area contributed by atoms with Gasteiger partial charge in [0.05, 0.1) is 6.61 Å². The molecule has 0 aromatic carbocycles. The minimum atomic E-state index is -2.55. The van der Waals surface area contributed by atoms with E-state index in [1.807, 2.05) is 6.92 Å². The van der Waals surface area contributed by atoms with E-state index in [-0.39, 0.29) is 11.8 Å². The lowest BCUT2D eigenvalue weighted by Crippen LogP contribution is -2.47. The molecule has 0 aromatic rings. The van der Waals surface area contributed by atoms with E-state index in [2.05, 4.69) is 0 Å². The summed E-state index contributed by atoms with van der Waals surface area (Å²) in [6.07, 6.45) is 0.549. The lowest BCUT2D eigenvalue weighted by atomic mass is 10.3. The fourth-order valence-electron chi connectivity index (χ4n) is 1.82. The zero-order chi connectivity index (χ0) is 12.7. The average molecular weight is 266 g/mol. The highest BCUT2D eigenvalue weighted by Crippen LogP contribution is 2.27. The summed E-state index contributed by atoms with van der Waals surface area (Å²) in [5.74, 6) is 0. The van der Waals surface area contributed by atoms with Crippen LogP contribution in [0, 0.1) is 0 Å². The molecule has 0 N–H and O–H groups in total. The highest BCUT2D eigenvalue weighted by Gasteiger charge is 2.44. The molecule has 6 nitrogen and oxygen atoms in total. The summed E-state index contributed by atoms with van der Waals surface area (Å²) in [5, 5.41) is 0. The topological polar surface area (TPSA) is 55.4 Å². The van der Waals surface area contributed by atoms with Crippen molar-refractivity contribution in [3.8, 4) is 0 Å². The zero-order valence-corrected chi connectivity index (χ0v) is 11.9. The molecule has 0 radical (unpaired) electrons. The molecule has 1 fully saturated rings. The predicted molar refractivity (Wildman–Crippen MR) is 62.5 cm³/mol. The van der Waals surface area contributed by atoms with Gasteiger partial charge in [-0.2, -0.15) is 0 Å². The molecule has 1 aliphatic heterocycles. The third kappa shape index (κ3) is 3.99. The van der Waals surface area contributed by atoms with Crippen LogP contribution in [0.4, 0.5) is 0 Å². The predicted octanol–water partition coefficient (Wildman–Crippen LogP) is 0.992. The molecule has 1 aliphatic rings. The first-order valence-corrected chi connectivity index (χ1v) is 7.45. The van der Waals surface area contributed by atoms with Gasteiger partial charge in [-0.1, -0.05) is 6.92 Å². The van der Waals surface area contributed by atoms with Crippen LogP contribution >= 0.6 is 0 Å². The van der Waals surface area contributed by atoms with Crippen molar-refractivity contribution in [3.05, 3.63) is 0 Å². The van der Waals surface area contributed by atoms with Crippen LogP contribution in [0.1, 0.15) is 13.3 Å². The largest absolute Gasteiger partial charge is 0.503 e. The Balaban J connectivity index is 2.28. The maximum Gasteiger partial charge on any atom is 0.503 e. The number of rotatable bonds is 8. The van der Waals surface area contributed by atoms with Crippen molar-refractivity contribution in [1.82, 2.24) is 0 Å². The Labute approximate surface area is 103 Å². The van der Waals surface area contributed by atoms with Gasteiger partial charge in [0.15, 0.2) is 6.29 Å². The first-order valence-electron chi connectivity index (χ1n) is 5.65. The second-order valence-electron chi connectivity index (χ2n) is 3.86. The lowest BCUT2D eigenvalue weighted by Gasteiger charge is -2.30. The fourth-order valence-corrected chi connectivity index (χ4v) is 4.00. The van der Waals surface area contributed by atoms with Crippen LogP contribution in [0.25, 0.3) is 0 Å². The molecule has 0 bridgehead atoms. The molecule has 17 heavy (non-hydrogen) atoms. The molecule has 0 aliphatic carbocycles. The van der Waals surface area contributed by atoms with Gasteiger partial charge >= 0.3 is 8.80 Å². The standard InChI is InChI=1S/C10H22O6Si/c1-9(17(11-2,12-3)13-4)5-6-15-10-7-14-8-16-10/h9-10H,5-8H2,1-4H3. The first kappa shape index (κ1) is 15.0. The lowest BCUT2D eigenvalue weighted by molar-refractivity contribution is -0.107. The maximum atomic E-state index is 5.51. The number of ether oxygens (including phenoxy) is 3. The first-order chi connectivity index (χ1) is 8.18. The second kappa shape index (κ2) is 7.42. The molecule has 2 atom stereocenters. The molecule has 0 amide bonds. The van der Waals surface area contributed by atoms with Crippen LogP contribution in [0.3, 0.4) is 0 Å². The summed E-state index contributed by atoms with van der Waals surface area (Å²) in [7, 11) is 2.30. The Hall–Kier alpha value is -0.0231. The van der Waals surface area contributed by atoms with E-state index in [0.29, 0.717) is 20.0 Å². The third-order valence-corrected chi connectivity index (χ3v) is 6.11. The van der Waals surface area contributed by atoms with E-state index in [1.165, 1.54) is 0 Å². The van der Waals surface area contributed by atoms with Crippen LogP contribution in [0.2, 0.25) is 5.54 Å². The molecule has 102 valence electrons. The smallest absolute Gasteiger partial charge is 0.377 e. The van der Waals surface area contributed by atoms with Gasteiger partial charge in [0.2, 0.25) is 0 Å². The summed E-state index contributed by atoms with van der Waals surface area (Å²) in [4.78, 5) is 0. The van der Waals surface area contributed by atoms with Gasteiger partial charge in [-0.15, -0.1) is 0 Å². The van der Waals surface area contributed by atoms with E-state index in [4.69, 9.17) is 27.5 Å². The minimum Gasteiger partial charge on any atom is -0.377 e. The average Bonchev–Trinajstić information content (AvgIpc) is 2.85. The van der Waals surface area contributed by atoms with Gasteiger partial charge < -0.3 is 27.5 Å². The Morgan fingerprint density at radius 3 is 2.35 bits per heavy atom. The molecular formula is C10H22O6Si. The van der Waals surface area contributed by atoms with Gasteiger partial charge in [-0.05, 0) is 6.42 Å². The van der Waals surface area contributed by atoms with Gasteiger partial charge in [0.1, 0.15) is 13.4 Å². The fraction of sp³-hybridized carbons (Fsp3) is 1.00. The van der Waals surface area contributed by atoms with E-state index in [1.54, 1.807) is 21.3 Å². The summed E-state index contributed by atoms with van der Waals surface area (Å²) >= 11 is 0. The van der Waals surface area contributed by atoms with E-state index in [0.717, 1.165) is 6.42 Å². The highest BCUT2D eigenvalue weighted by molar-refractivity contribution is 6.62. The normalized spacial score (nSPS) is 22.9. The number of hydrogen-bond acceptors (Lipinski definition) is 6. The van der Waals surface area contributed by atoms with Crippen molar-refractivity contribution in [2.45, 2.75) is 25.2 Å². The molecule has 2 unspecified atom stereocenters. The Kier molecular flexibility index (Phi) is 6.56. The van der Waals surface area contributed by atoms with Crippen molar-refractivity contribution in [2.24, 2.45) is 0 Å². The molecule has 0 spiro atoms. The van der Waals surface area contributed by atoms with Crippen LogP contribution in [0.5, 0.6) is 0 Å². The Morgan fingerprint density at radius 2 is 1.88 bits per heavy atom. The Bertz CT molecular complexity index is 197. The van der Waals surface area contributed by atoms with E-state index < -0.39 is 8.80 Å². The third-order valence-electron chi connectivity index (χ3n) is 2.90. The molecular weight excluding hydrogens is 244 g/mol. The molecule has 1 heterocycles. The summed E-state index contributed by atoms with van der Waals surface area (Å²) in [6, 6.07) is 0. The maximum absolute atomic E-state index is 5.51. The van der Waals surface area contributed by atoms with Crippen molar-refractivity contribution >= 4 is 8.80 Å². The SMILES string of the molecule is CO[Si](OC)(OC)C(C)CCOC1COCO1. The van der Waals surface area contributed by atoms with Crippen molar-refractivity contribution in [2.75, 3.05) is 41.3 Å². The van der Waals surface area contributed by atoms with Crippen molar-refractivity contribution < 1.29 is 27.5 Å². The summed E-state index contributed by atoms with van der Waals surface area (Å²) < 4.78 is 31.9. The van der Waals surface area contributed by atoms with Crippen molar-refractivity contribution in [3.63, 3.8) is 0 Å². The molecule has 7 heteroatoms. The highest BCUT2D eigenvalue weighted by atomic mass is 28.4. The summed E-state index contributed by atoms with van der Waals surface area (Å²) in [5.41, 5.74) is 0.171. The monoisotopic (exact) mass is 266 g/mol. The van der Waals surface area contributed by atoms with Crippen LogP contribution < -0.4 is 0 Å². The zero-order valence-electron chi connectivity index (χ0n) is 10.9. The molecule has 0 saturated carbocycles. The van der Waals surface area contributed by atoms with Crippen molar-refractivity contribution in [1.29, 1.82) is 0 Å². The molecule has 1 saturated heterocycles. The minimum absolute atomic E-state index is 0.171. The summed E-state index contributed by atoms with van der Waals surface area (Å²) in [6.45, 7) is 3.42. The van der Waals surface area contributed by atoms with Gasteiger partial charge in [-0.3, -0.25) is 0 Å². The molecule has 1 rings (SSSR count). The van der Waals surface area contributed by atoms with E-state index in [9.17, 15) is 0 Å². The second-order valence-corrected chi connectivity index (χ2v) is 7.28. The van der Waals surface area contributed by atoms with Gasteiger partial charge in [-0.25, -0.2) is 0 Å². The quantitative estimate of drug-likeness (QED) is 0.611. The van der Waals surface area contributed by atoms with Gasteiger partial charge in [0.25, 0.3) is 0 Å². The van der Waals surface area contributed by atoms with Crippen LogP contribution in [-0.4, -0.2) is 56.4 Å².